The number of hydrogen-bond acceptors (Lipinski definition) is 2. The minimum atomic E-state index is -0.829. The predicted molar refractivity (Wildman–Crippen MR) is 92.3 cm³/mol. The van der Waals surface area contributed by atoms with Gasteiger partial charge in [-0.2, -0.15) is 0 Å². The quantitative estimate of drug-likeness (QED) is 0.673. The van der Waals surface area contributed by atoms with Gasteiger partial charge in [-0.15, -0.1) is 0 Å². The van der Waals surface area contributed by atoms with Crippen molar-refractivity contribution in [3.8, 4) is 0 Å². The lowest BCUT2D eigenvalue weighted by molar-refractivity contribution is -0.147. The van der Waals surface area contributed by atoms with Gasteiger partial charge in [0, 0.05) is 11.1 Å². The monoisotopic (exact) mass is 304 g/mol. The molecule has 2 unspecified atom stereocenters. The van der Waals surface area contributed by atoms with Gasteiger partial charge in [-0.3, -0.25) is 0 Å². The maximum absolute atomic E-state index is 6.36. The second-order valence-electron chi connectivity index (χ2n) is 6.19. The zero-order chi connectivity index (χ0) is 15.9. The van der Waals surface area contributed by atoms with Crippen molar-refractivity contribution in [3.63, 3.8) is 0 Å². The fraction of sp³-hybridized carbons (Fsp3) is 0.238. The number of hydrogen-bond donors (Lipinski definition) is 0. The van der Waals surface area contributed by atoms with Gasteiger partial charge in [-0.05, 0) is 30.7 Å². The van der Waals surface area contributed by atoms with Crippen LogP contribution in [-0.4, -0.2) is 12.2 Å². The molecule has 0 N–H and O–H groups in total. The van der Waals surface area contributed by atoms with E-state index in [1.807, 2.05) is 18.2 Å². The molecule has 3 aromatic carbocycles. The molecule has 1 heterocycles. The fourth-order valence-corrected chi connectivity index (χ4v) is 3.23. The molecule has 1 aliphatic heterocycles. The van der Waals surface area contributed by atoms with Gasteiger partial charge < -0.3 is 9.47 Å². The Hall–Kier alpha value is -2.16. The fourth-order valence-electron chi connectivity index (χ4n) is 3.23. The first-order valence-electron chi connectivity index (χ1n) is 8.09. The van der Waals surface area contributed by atoms with Crippen LogP contribution in [0.15, 0.2) is 72.8 Å². The number of fused-ring (bicyclic) bond motifs is 1. The second-order valence-corrected chi connectivity index (χ2v) is 6.19. The maximum Gasteiger partial charge on any atom is 0.223 e. The Morgan fingerprint density at radius 3 is 1.96 bits per heavy atom. The predicted octanol–water partition coefficient (Wildman–Crippen LogP) is 4.86. The van der Waals surface area contributed by atoms with Gasteiger partial charge in [-0.25, -0.2) is 0 Å². The molecule has 4 rings (SSSR count). The van der Waals surface area contributed by atoms with Crippen LogP contribution in [0.2, 0.25) is 0 Å². The molecule has 2 nitrogen and oxygen atoms in total. The van der Waals surface area contributed by atoms with Gasteiger partial charge in [0.1, 0.15) is 0 Å². The summed E-state index contributed by atoms with van der Waals surface area (Å²) in [6, 6.07) is 25.0. The Morgan fingerprint density at radius 1 is 0.652 bits per heavy atom. The molecule has 1 saturated heterocycles. The summed E-state index contributed by atoms with van der Waals surface area (Å²) in [6.07, 6.45) is 0.0864. The first-order valence-corrected chi connectivity index (χ1v) is 8.09. The Morgan fingerprint density at radius 2 is 1.26 bits per heavy atom. The molecule has 2 heteroatoms. The average molecular weight is 304 g/mol. The zero-order valence-electron chi connectivity index (χ0n) is 13.4. The summed E-state index contributed by atoms with van der Waals surface area (Å²) in [5.74, 6) is -0.829. The summed E-state index contributed by atoms with van der Waals surface area (Å²) in [7, 11) is 0. The van der Waals surface area contributed by atoms with Crippen molar-refractivity contribution in [1.29, 1.82) is 0 Å². The third kappa shape index (κ3) is 2.35. The van der Waals surface area contributed by atoms with Crippen molar-refractivity contribution in [3.05, 3.63) is 83.9 Å². The molecule has 0 aromatic heterocycles. The smallest absolute Gasteiger partial charge is 0.223 e. The minimum Gasteiger partial charge on any atom is -0.336 e. The molecule has 23 heavy (non-hydrogen) atoms. The standard InChI is InChI=1S/C21H20O2/c1-15-16(2)23-21(22-15,19-10-4-3-5-11-19)20-13-12-17-8-6-7-9-18(17)14-20/h3-16H,1-2H3. The van der Waals surface area contributed by atoms with Crippen LogP contribution in [0.25, 0.3) is 10.8 Å². The van der Waals surface area contributed by atoms with Crippen molar-refractivity contribution < 1.29 is 9.47 Å². The summed E-state index contributed by atoms with van der Waals surface area (Å²) in [6.45, 7) is 4.13. The summed E-state index contributed by atoms with van der Waals surface area (Å²) >= 11 is 0. The molecule has 0 bridgehead atoms. The summed E-state index contributed by atoms with van der Waals surface area (Å²) in [5.41, 5.74) is 2.07. The lowest BCUT2D eigenvalue weighted by Gasteiger charge is -2.29. The lowest BCUT2D eigenvalue weighted by atomic mass is 9.95. The van der Waals surface area contributed by atoms with Crippen LogP contribution < -0.4 is 0 Å². The van der Waals surface area contributed by atoms with E-state index in [0.717, 1.165) is 11.1 Å². The van der Waals surface area contributed by atoms with Crippen molar-refractivity contribution in [2.24, 2.45) is 0 Å². The number of rotatable bonds is 2. The molecule has 2 atom stereocenters. The Kier molecular flexibility index (Phi) is 3.44. The Bertz CT molecular complexity index is 815. The first-order chi connectivity index (χ1) is 11.2. The Labute approximate surface area is 136 Å². The molecule has 0 saturated carbocycles. The van der Waals surface area contributed by atoms with Crippen molar-refractivity contribution in [2.75, 3.05) is 0 Å². The highest BCUT2D eigenvalue weighted by atomic mass is 16.8. The molecule has 0 spiro atoms. The van der Waals surface area contributed by atoms with Crippen LogP contribution in [0.1, 0.15) is 25.0 Å². The van der Waals surface area contributed by atoms with E-state index >= 15 is 0 Å². The number of ether oxygens (including phenoxy) is 2. The van der Waals surface area contributed by atoms with Gasteiger partial charge in [0.25, 0.3) is 0 Å². The molecule has 116 valence electrons. The average Bonchev–Trinajstić information content (AvgIpc) is 2.91. The molecule has 0 radical (unpaired) electrons. The van der Waals surface area contributed by atoms with E-state index in [1.165, 1.54) is 10.8 Å². The van der Waals surface area contributed by atoms with Crippen LogP contribution >= 0.6 is 0 Å². The second kappa shape index (κ2) is 5.48. The van der Waals surface area contributed by atoms with Crippen LogP contribution in [0.4, 0.5) is 0 Å². The van der Waals surface area contributed by atoms with Crippen LogP contribution in [0.5, 0.6) is 0 Å². The van der Waals surface area contributed by atoms with Gasteiger partial charge in [0.15, 0.2) is 0 Å². The van der Waals surface area contributed by atoms with Crippen molar-refractivity contribution in [2.45, 2.75) is 31.8 Å². The highest BCUT2D eigenvalue weighted by Crippen LogP contribution is 2.43. The van der Waals surface area contributed by atoms with E-state index in [2.05, 4.69) is 68.4 Å². The normalized spacial score (nSPS) is 27.4. The summed E-state index contributed by atoms with van der Waals surface area (Å²) in [5, 5.41) is 2.42. The third-order valence-corrected chi connectivity index (χ3v) is 4.65. The molecular formula is C21H20O2. The maximum atomic E-state index is 6.36. The molecule has 3 aromatic rings. The molecule has 1 fully saturated rings. The number of benzene rings is 3. The molecule has 0 amide bonds. The highest BCUT2D eigenvalue weighted by Gasteiger charge is 2.47. The largest absolute Gasteiger partial charge is 0.336 e. The summed E-state index contributed by atoms with van der Waals surface area (Å²) in [4.78, 5) is 0. The van der Waals surface area contributed by atoms with E-state index in [1.54, 1.807) is 0 Å². The first kappa shape index (κ1) is 14.4. The van der Waals surface area contributed by atoms with Gasteiger partial charge in [-0.1, -0.05) is 66.7 Å². The van der Waals surface area contributed by atoms with Gasteiger partial charge in [0.2, 0.25) is 5.79 Å². The van der Waals surface area contributed by atoms with E-state index in [9.17, 15) is 0 Å². The topological polar surface area (TPSA) is 18.5 Å². The van der Waals surface area contributed by atoms with Crippen LogP contribution in [0.3, 0.4) is 0 Å². The SMILES string of the molecule is CC1OC(c2ccccc2)(c2ccc3ccccc3c2)OC1C. The Balaban J connectivity index is 1.91. The molecule has 0 aliphatic carbocycles. The third-order valence-electron chi connectivity index (χ3n) is 4.65. The van der Waals surface area contributed by atoms with Gasteiger partial charge in [0.05, 0.1) is 12.2 Å². The minimum absolute atomic E-state index is 0.0432. The zero-order valence-corrected chi connectivity index (χ0v) is 13.4. The van der Waals surface area contributed by atoms with E-state index in [0.29, 0.717) is 0 Å². The van der Waals surface area contributed by atoms with Gasteiger partial charge >= 0.3 is 0 Å². The van der Waals surface area contributed by atoms with Crippen LogP contribution in [0, 0.1) is 0 Å². The van der Waals surface area contributed by atoms with E-state index < -0.39 is 5.79 Å². The van der Waals surface area contributed by atoms with E-state index in [-0.39, 0.29) is 12.2 Å². The molecular weight excluding hydrogens is 284 g/mol. The van der Waals surface area contributed by atoms with Crippen molar-refractivity contribution >= 4 is 10.8 Å². The lowest BCUT2D eigenvalue weighted by Crippen LogP contribution is -2.29. The van der Waals surface area contributed by atoms with Crippen molar-refractivity contribution in [1.82, 2.24) is 0 Å². The van der Waals surface area contributed by atoms with E-state index in [4.69, 9.17) is 9.47 Å². The summed E-state index contributed by atoms with van der Waals surface area (Å²) < 4.78 is 12.7. The highest BCUT2D eigenvalue weighted by molar-refractivity contribution is 5.83. The van der Waals surface area contributed by atoms with Crippen LogP contribution in [-0.2, 0) is 15.3 Å². The molecule has 1 aliphatic rings.